The van der Waals surface area contributed by atoms with Crippen LogP contribution in [0.3, 0.4) is 0 Å². The smallest absolute Gasteiger partial charge is 0.196 e. The van der Waals surface area contributed by atoms with Crippen LogP contribution < -0.4 is 4.74 Å². The van der Waals surface area contributed by atoms with Crippen LogP contribution in [0.5, 0.6) is 5.75 Å². The zero-order valence-corrected chi connectivity index (χ0v) is 10.4. The minimum Gasteiger partial charge on any atom is -0.497 e. The van der Waals surface area contributed by atoms with Crippen molar-refractivity contribution in [2.45, 2.75) is 6.42 Å². The highest BCUT2D eigenvalue weighted by Gasteiger charge is 2.00. The molecule has 0 aliphatic carbocycles. The lowest BCUT2D eigenvalue weighted by atomic mass is 10.1. The molecule has 0 radical (unpaired) electrons. The number of hydrogen-bond donors (Lipinski definition) is 0. The number of ether oxygens (including phenoxy) is 1. The Morgan fingerprint density at radius 1 is 1.31 bits per heavy atom. The minimum absolute atomic E-state index is 0.618. The van der Waals surface area contributed by atoms with Crippen molar-refractivity contribution in [1.29, 1.82) is 0 Å². The molecule has 0 bridgehead atoms. The van der Waals surface area contributed by atoms with Crippen LogP contribution in [-0.4, -0.2) is 17.1 Å². The van der Waals surface area contributed by atoms with E-state index in [1.807, 2.05) is 24.3 Å². The van der Waals surface area contributed by atoms with Gasteiger partial charge in [0.1, 0.15) is 5.75 Å². The van der Waals surface area contributed by atoms with Crippen molar-refractivity contribution in [3.8, 4) is 5.75 Å². The lowest BCUT2D eigenvalue weighted by Gasteiger charge is -2.04. The number of rotatable bonds is 3. The molecule has 0 unspecified atom stereocenters. The molecule has 1 aromatic carbocycles. The first-order chi connectivity index (χ1) is 7.78. The quantitative estimate of drug-likeness (QED) is 0.810. The van der Waals surface area contributed by atoms with Crippen LogP contribution in [0.25, 0.3) is 0 Å². The van der Waals surface area contributed by atoms with E-state index in [0.717, 1.165) is 17.9 Å². The molecule has 0 amide bonds. The van der Waals surface area contributed by atoms with Crippen molar-refractivity contribution >= 4 is 15.9 Å². The number of hydrogen-bond acceptors (Lipinski definition) is 3. The van der Waals surface area contributed by atoms with E-state index in [0.29, 0.717) is 4.73 Å². The highest BCUT2D eigenvalue weighted by molar-refractivity contribution is 9.10. The predicted molar refractivity (Wildman–Crippen MR) is 65.5 cm³/mol. The molecule has 3 nitrogen and oxygen atoms in total. The third-order valence-electron chi connectivity index (χ3n) is 2.20. The van der Waals surface area contributed by atoms with Gasteiger partial charge in [0.25, 0.3) is 0 Å². The standard InChI is InChI=1S/C12H11BrN2O/c1-16-11-4-2-3-9(8-11)7-10-5-6-14-12(13)15-10/h2-6,8H,7H2,1H3. The number of methoxy groups -OCH3 is 1. The van der Waals surface area contributed by atoms with Gasteiger partial charge in [-0.3, -0.25) is 0 Å². The second kappa shape index (κ2) is 5.07. The molecule has 4 heteroatoms. The average molecular weight is 279 g/mol. The fourth-order valence-corrected chi connectivity index (χ4v) is 1.81. The molecule has 2 aromatic rings. The van der Waals surface area contributed by atoms with Crippen molar-refractivity contribution < 1.29 is 4.74 Å². The Kier molecular flexibility index (Phi) is 3.51. The third-order valence-corrected chi connectivity index (χ3v) is 2.59. The third kappa shape index (κ3) is 2.79. The summed E-state index contributed by atoms with van der Waals surface area (Å²) in [7, 11) is 1.67. The Labute approximate surface area is 103 Å². The van der Waals surface area contributed by atoms with Gasteiger partial charge in [0.15, 0.2) is 4.73 Å². The number of halogens is 1. The van der Waals surface area contributed by atoms with E-state index in [9.17, 15) is 0 Å². The molecule has 0 N–H and O–H groups in total. The van der Waals surface area contributed by atoms with Gasteiger partial charge in [-0.1, -0.05) is 12.1 Å². The lowest BCUT2D eigenvalue weighted by Crippen LogP contribution is -1.94. The van der Waals surface area contributed by atoms with E-state index in [1.54, 1.807) is 13.3 Å². The second-order valence-corrected chi connectivity index (χ2v) is 4.05. The molecule has 82 valence electrons. The molecule has 1 heterocycles. The average Bonchev–Trinajstić information content (AvgIpc) is 2.29. The molecular formula is C12H11BrN2O. The Hall–Kier alpha value is -1.42. The first-order valence-corrected chi connectivity index (χ1v) is 5.67. The number of nitrogens with zero attached hydrogens (tertiary/aromatic N) is 2. The molecular weight excluding hydrogens is 268 g/mol. The molecule has 16 heavy (non-hydrogen) atoms. The summed E-state index contributed by atoms with van der Waals surface area (Å²) in [5, 5.41) is 0. The maximum absolute atomic E-state index is 5.17. The number of benzene rings is 1. The molecule has 0 atom stereocenters. The maximum Gasteiger partial charge on any atom is 0.196 e. The largest absolute Gasteiger partial charge is 0.497 e. The Morgan fingerprint density at radius 3 is 2.94 bits per heavy atom. The van der Waals surface area contributed by atoms with Gasteiger partial charge in [0.05, 0.1) is 7.11 Å². The van der Waals surface area contributed by atoms with Crippen LogP contribution in [0.1, 0.15) is 11.3 Å². The van der Waals surface area contributed by atoms with Crippen LogP contribution in [0.2, 0.25) is 0 Å². The van der Waals surface area contributed by atoms with Gasteiger partial charge < -0.3 is 4.74 Å². The minimum atomic E-state index is 0.618. The first-order valence-electron chi connectivity index (χ1n) is 4.88. The fourth-order valence-electron chi connectivity index (χ4n) is 1.46. The van der Waals surface area contributed by atoms with Gasteiger partial charge in [-0.05, 0) is 39.7 Å². The van der Waals surface area contributed by atoms with E-state index in [-0.39, 0.29) is 0 Å². The normalized spacial score (nSPS) is 10.1. The van der Waals surface area contributed by atoms with Crippen molar-refractivity contribution in [3.05, 3.63) is 52.5 Å². The highest BCUT2D eigenvalue weighted by atomic mass is 79.9. The van der Waals surface area contributed by atoms with E-state index in [4.69, 9.17) is 4.74 Å². The lowest BCUT2D eigenvalue weighted by molar-refractivity contribution is 0.414. The summed E-state index contributed by atoms with van der Waals surface area (Å²) < 4.78 is 5.79. The van der Waals surface area contributed by atoms with Crippen molar-refractivity contribution in [1.82, 2.24) is 9.97 Å². The van der Waals surface area contributed by atoms with Crippen molar-refractivity contribution in [2.75, 3.05) is 7.11 Å². The highest BCUT2D eigenvalue weighted by Crippen LogP contribution is 2.15. The summed E-state index contributed by atoms with van der Waals surface area (Å²) in [6.07, 6.45) is 2.52. The molecule has 1 aromatic heterocycles. The van der Waals surface area contributed by atoms with Crippen LogP contribution in [-0.2, 0) is 6.42 Å². The van der Waals surface area contributed by atoms with Crippen LogP contribution in [0, 0.1) is 0 Å². The molecule has 0 saturated heterocycles. The second-order valence-electron chi connectivity index (χ2n) is 3.35. The summed E-state index contributed by atoms with van der Waals surface area (Å²) in [6, 6.07) is 9.88. The van der Waals surface area contributed by atoms with Crippen molar-refractivity contribution in [3.63, 3.8) is 0 Å². The van der Waals surface area contributed by atoms with Gasteiger partial charge in [-0.25, -0.2) is 9.97 Å². The topological polar surface area (TPSA) is 35.0 Å². The van der Waals surface area contributed by atoms with Gasteiger partial charge in [0.2, 0.25) is 0 Å². The van der Waals surface area contributed by atoms with E-state index in [1.165, 1.54) is 5.56 Å². The molecule has 0 fully saturated rings. The molecule has 0 spiro atoms. The van der Waals surface area contributed by atoms with E-state index in [2.05, 4.69) is 32.0 Å². The first kappa shape index (κ1) is 11.1. The van der Waals surface area contributed by atoms with Gasteiger partial charge in [-0.15, -0.1) is 0 Å². The summed E-state index contributed by atoms with van der Waals surface area (Å²) >= 11 is 3.26. The number of aromatic nitrogens is 2. The monoisotopic (exact) mass is 278 g/mol. The summed E-state index contributed by atoms with van der Waals surface area (Å²) in [6.45, 7) is 0. The molecule has 0 aliphatic heterocycles. The van der Waals surface area contributed by atoms with E-state index < -0.39 is 0 Å². The van der Waals surface area contributed by atoms with Crippen molar-refractivity contribution in [2.24, 2.45) is 0 Å². The predicted octanol–water partition coefficient (Wildman–Crippen LogP) is 2.84. The van der Waals surface area contributed by atoms with Crippen LogP contribution in [0.15, 0.2) is 41.3 Å². The summed E-state index contributed by atoms with van der Waals surface area (Å²) in [5.74, 6) is 0.866. The Balaban J connectivity index is 2.20. The summed E-state index contributed by atoms with van der Waals surface area (Å²) in [4.78, 5) is 8.28. The van der Waals surface area contributed by atoms with Gasteiger partial charge in [0, 0.05) is 18.3 Å². The van der Waals surface area contributed by atoms with E-state index >= 15 is 0 Å². The van der Waals surface area contributed by atoms with Crippen LogP contribution >= 0.6 is 15.9 Å². The maximum atomic E-state index is 5.17. The zero-order valence-electron chi connectivity index (χ0n) is 8.85. The fraction of sp³-hybridized carbons (Fsp3) is 0.167. The molecule has 0 aliphatic rings. The Morgan fingerprint density at radius 2 is 2.19 bits per heavy atom. The molecule has 0 saturated carbocycles. The zero-order chi connectivity index (χ0) is 11.4. The summed E-state index contributed by atoms with van der Waals surface area (Å²) in [5.41, 5.74) is 2.15. The van der Waals surface area contributed by atoms with Crippen LogP contribution in [0.4, 0.5) is 0 Å². The Bertz CT molecular complexity index is 488. The molecule has 2 rings (SSSR count). The van der Waals surface area contributed by atoms with Gasteiger partial charge >= 0.3 is 0 Å². The SMILES string of the molecule is COc1cccc(Cc2ccnc(Br)n2)c1. The van der Waals surface area contributed by atoms with Gasteiger partial charge in [-0.2, -0.15) is 0 Å².